The summed E-state index contributed by atoms with van der Waals surface area (Å²) in [6, 6.07) is 5.98. The van der Waals surface area contributed by atoms with E-state index in [1.54, 1.807) is 19.1 Å². The fraction of sp³-hybridized carbons (Fsp3) is 0.533. The van der Waals surface area contributed by atoms with Gasteiger partial charge in [-0.25, -0.2) is 4.39 Å². The largest absolute Gasteiger partial charge is 0.481 e. The normalized spacial score (nSPS) is 23.9. The van der Waals surface area contributed by atoms with E-state index in [-0.39, 0.29) is 17.8 Å². The molecule has 1 amide bonds. The second kappa shape index (κ2) is 6.70. The van der Waals surface area contributed by atoms with Crippen LogP contribution in [0.2, 0.25) is 0 Å². The zero-order valence-corrected chi connectivity index (χ0v) is 11.9. The summed E-state index contributed by atoms with van der Waals surface area (Å²) in [6.07, 6.45) is 0.276. The Balaban J connectivity index is 1.88. The number of halogens is 1. The van der Waals surface area contributed by atoms with Crippen LogP contribution in [0.3, 0.4) is 0 Å². The number of benzene rings is 1. The molecule has 110 valence electrons. The van der Waals surface area contributed by atoms with Gasteiger partial charge in [-0.15, -0.1) is 0 Å². The van der Waals surface area contributed by atoms with Crippen molar-refractivity contribution in [1.29, 1.82) is 0 Å². The van der Waals surface area contributed by atoms with Gasteiger partial charge in [0.25, 0.3) is 5.91 Å². The van der Waals surface area contributed by atoms with E-state index >= 15 is 0 Å². The molecule has 1 saturated heterocycles. The minimum Gasteiger partial charge on any atom is -0.481 e. The lowest BCUT2D eigenvalue weighted by Crippen LogP contribution is -2.51. The van der Waals surface area contributed by atoms with Crippen LogP contribution in [0.15, 0.2) is 24.3 Å². The predicted octanol–water partition coefficient (Wildman–Crippen LogP) is 1.71. The van der Waals surface area contributed by atoms with Gasteiger partial charge in [-0.2, -0.15) is 0 Å². The first-order valence-electron chi connectivity index (χ1n) is 6.99. The summed E-state index contributed by atoms with van der Waals surface area (Å²) in [4.78, 5) is 12.1. The van der Waals surface area contributed by atoms with Gasteiger partial charge in [-0.3, -0.25) is 4.79 Å². The van der Waals surface area contributed by atoms with Gasteiger partial charge < -0.3 is 15.4 Å². The summed E-state index contributed by atoms with van der Waals surface area (Å²) in [6.45, 7) is 5.60. The average Bonchev–Trinajstić information content (AvgIpc) is 2.41. The zero-order valence-electron chi connectivity index (χ0n) is 11.9. The number of amides is 1. The smallest absolute Gasteiger partial charge is 0.261 e. The third-order valence-electron chi connectivity index (χ3n) is 3.59. The van der Waals surface area contributed by atoms with E-state index in [0.717, 1.165) is 19.5 Å². The Morgan fingerprint density at radius 2 is 2.35 bits per heavy atom. The molecular formula is C15H21FN2O2. The van der Waals surface area contributed by atoms with Crippen LogP contribution in [0.4, 0.5) is 4.39 Å². The lowest BCUT2D eigenvalue weighted by Gasteiger charge is -2.31. The third-order valence-corrected chi connectivity index (χ3v) is 3.59. The van der Waals surface area contributed by atoms with Crippen LogP contribution in [0.1, 0.15) is 20.3 Å². The number of carbonyl (C=O) groups excluding carboxylic acids is 1. The molecule has 0 radical (unpaired) electrons. The van der Waals surface area contributed by atoms with Crippen LogP contribution < -0.4 is 15.4 Å². The van der Waals surface area contributed by atoms with Crippen molar-refractivity contribution in [2.24, 2.45) is 5.92 Å². The Morgan fingerprint density at radius 3 is 3.05 bits per heavy atom. The first-order valence-corrected chi connectivity index (χ1v) is 6.99. The van der Waals surface area contributed by atoms with E-state index in [0.29, 0.717) is 11.7 Å². The molecule has 1 aliphatic rings. The fourth-order valence-electron chi connectivity index (χ4n) is 2.33. The van der Waals surface area contributed by atoms with Crippen molar-refractivity contribution < 1.29 is 13.9 Å². The van der Waals surface area contributed by atoms with E-state index in [1.165, 1.54) is 12.1 Å². The Kier molecular flexibility index (Phi) is 4.95. The highest BCUT2D eigenvalue weighted by atomic mass is 19.1. The van der Waals surface area contributed by atoms with Gasteiger partial charge in [0.15, 0.2) is 6.10 Å². The molecule has 3 atom stereocenters. The minimum atomic E-state index is -0.640. The maximum Gasteiger partial charge on any atom is 0.261 e. The van der Waals surface area contributed by atoms with Crippen LogP contribution in [0.5, 0.6) is 5.75 Å². The van der Waals surface area contributed by atoms with Crippen molar-refractivity contribution >= 4 is 5.91 Å². The maximum atomic E-state index is 13.1. The predicted molar refractivity (Wildman–Crippen MR) is 75.1 cm³/mol. The molecule has 0 bridgehead atoms. The van der Waals surface area contributed by atoms with Crippen LogP contribution in [-0.4, -0.2) is 31.1 Å². The number of nitrogens with one attached hydrogen (secondary N) is 2. The second-order valence-corrected chi connectivity index (χ2v) is 5.30. The van der Waals surface area contributed by atoms with Crippen LogP contribution in [0.25, 0.3) is 0 Å². The van der Waals surface area contributed by atoms with Gasteiger partial charge in [0.1, 0.15) is 11.6 Å². The first-order chi connectivity index (χ1) is 9.56. The molecular weight excluding hydrogens is 259 g/mol. The van der Waals surface area contributed by atoms with Gasteiger partial charge in [0.05, 0.1) is 0 Å². The summed E-state index contributed by atoms with van der Waals surface area (Å²) < 4.78 is 18.5. The van der Waals surface area contributed by atoms with Crippen molar-refractivity contribution in [3.8, 4) is 5.75 Å². The summed E-state index contributed by atoms with van der Waals surface area (Å²) in [5.74, 6) is 0.232. The molecule has 0 aromatic heterocycles. The molecule has 0 aliphatic carbocycles. The van der Waals surface area contributed by atoms with Crippen molar-refractivity contribution in [3.05, 3.63) is 30.1 Å². The van der Waals surface area contributed by atoms with Crippen LogP contribution in [-0.2, 0) is 4.79 Å². The highest BCUT2D eigenvalue weighted by Gasteiger charge is 2.25. The molecule has 5 heteroatoms. The van der Waals surface area contributed by atoms with E-state index in [2.05, 4.69) is 17.6 Å². The summed E-state index contributed by atoms with van der Waals surface area (Å²) in [5, 5.41) is 6.29. The number of carbonyl (C=O) groups is 1. The molecule has 0 saturated carbocycles. The van der Waals surface area contributed by atoms with Gasteiger partial charge in [0, 0.05) is 12.1 Å². The molecule has 4 nitrogen and oxygen atoms in total. The average molecular weight is 280 g/mol. The lowest BCUT2D eigenvalue weighted by molar-refractivity contribution is -0.128. The van der Waals surface area contributed by atoms with Crippen LogP contribution in [0, 0.1) is 11.7 Å². The van der Waals surface area contributed by atoms with Crippen molar-refractivity contribution in [3.63, 3.8) is 0 Å². The van der Waals surface area contributed by atoms with Gasteiger partial charge in [0.2, 0.25) is 0 Å². The maximum absolute atomic E-state index is 13.1. The van der Waals surface area contributed by atoms with Crippen LogP contribution >= 0.6 is 0 Å². The Morgan fingerprint density at radius 1 is 1.55 bits per heavy atom. The van der Waals surface area contributed by atoms with E-state index in [4.69, 9.17) is 4.74 Å². The Hall–Kier alpha value is -1.62. The highest BCUT2D eigenvalue weighted by Crippen LogP contribution is 2.15. The lowest BCUT2D eigenvalue weighted by atomic mass is 9.95. The van der Waals surface area contributed by atoms with Gasteiger partial charge in [-0.05, 0) is 44.5 Å². The Bertz CT molecular complexity index is 467. The van der Waals surface area contributed by atoms with Gasteiger partial charge in [-0.1, -0.05) is 13.0 Å². The summed E-state index contributed by atoms with van der Waals surface area (Å²) >= 11 is 0. The number of piperidine rings is 1. The monoisotopic (exact) mass is 280 g/mol. The molecule has 3 unspecified atom stereocenters. The molecule has 2 N–H and O–H groups in total. The Labute approximate surface area is 118 Å². The number of ether oxygens (including phenoxy) is 1. The molecule has 20 heavy (non-hydrogen) atoms. The molecule has 0 spiro atoms. The van der Waals surface area contributed by atoms with Crippen molar-refractivity contribution in [1.82, 2.24) is 10.6 Å². The van der Waals surface area contributed by atoms with E-state index in [9.17, 15) is 9.18 Å². The SMILES string of the molecule is CC(Oc1cccc(F)c1)C(=O)NC1CCNCC1C. The summed E-state index contributed by atoms with van der Waals surface area (Å²) in [7, 11) is 0. The second-order valence-electron chi connectivity index (χ2n) is 5.30. The number of rotatable bonds is 4. The molecule has 1 aromatic carbocycles. The number of hydrogen-bond donors (Lipinski definition) is 2. The van der Waals surface area contributed by atoms with Crippen molar-refractivity contribution in [2.45, 2.75) is 32.4 Å². The van der Waals surface area contributed by atoms with E-state index in [1.807, 2.05) is 0 Å². The summed E-state index contributed by atoms with van der Waals surface area (Å²) in [5.41, 5.74) is 0. The first kappa shape index (κ1) is 14.8. The topological polar surface area (TPSA) is 50.4 Å². The molecule has 1 aromatic rings. The van der Waals surface area contributed by atoms with Crippen molar-refractivity contribution in [2.75, 3.05) is 13.1 Å². The number of hydrogen-bond acceptors (Lipinski definition) is 3. The fourth-order valence-corrected chi connectivity index (χ4v) is 2.33. The molecule has 1 fully saturated rings. The minimum absolute atomic E-state index is 0.159. The zero-order chi connectivity index (χ0) is 14.5. The highest BCUT2D eigenvalue weighted by molar-refractivity contribution is 5.81. The van der Waals surface area contributed by atoms with Gasteiger partial charge >= 0.3 is 0 Å². The molecule has 1 heterocycles. The molecule has 1 aliphatic heterocycles. The standard InChI is InChI=1S/C15H21FN2O2/c1-10-9-17-7-6-14(10)18-15(19)11(2)20-13-5-3-4-12(16)8-13/h3-5,8,10-11,14,17H,6-7,9H2,1-2H3,(H,18,19). The molecule has 2 rings (SSSR count). The van der Waals surface area contributed by atoms with E-state index < -0.39 is 6.10 Å². The third kappa shape index (κ3) is 3.93. The quantitative estimate of drug-likeness (QED) is 0.882.